The number of nitrogens with one attached hydrogen (secondary N) is 1. The van der Waals surface area contributed by atoms with Gasteiger partial charge in [-0.15, -0.1) is 0 Å². The zero-order valence-corrected chi connectivity index (χ0v) is 25.6. The number of pyridine rings is 1. The maximum absolute atomic E-state index is 6.34. The lowest BCUT2D eigenvalue weighted by molar-refractivity contribution is -0.00567. The summed E-state index contributed by atoms with van der Waals surface area (Å²) in [6.07, 6.45) is 4.66. The summed E-state index contributed by atoms with van der Waals surface area (Å²) in [4.78, 5) is 9.57. The average Bonchev–Trinajstić information content (AvgIpc) is 2.89. The van der Waals surface area contributed by atoms with Crippen molar-refractivity contribution in [3.63, 3.8) is 0 Å². The highest BCUT2D eigenvalue weighted by Crippen LogP contribution is 2.35. The first-order chi connectivity index (χ1) is 18.4. The van der Waals surface area contributed by atoms with Crippen molar-refractivity contribution in [2.45, 2.75) is 73.3 Å². The number of rotatable bonds is 15. The Morgan fingerprint density at radius 3 is 2.41 bits per heavy atom. The molecule has 2 aromatic rings. The predicted octanol–water partition coefficient (Wildman–Crippen LogP) is 5.62. The number of aromatic nitrogens is 1. The summed E-state index contributed by atoms with van der Waals surface area (Å²) >= 11 is 0. The number of anilines is 4. The molecule has 1 aliphatic heterocycles. The largest absolute Gasteiger partial charge is 0.394 e. The van der Waals surface area contributed by atoms with Crippen molar-refractivity contribution < 1.29 is 9.47 Å². The number of nitrogens with zero attached hydrogens (tertiary/aromatic N) is 3. The molecule has 1 aliphatic rings. The van der Waals surface area contributed by atoms with E-state index in [1.54, 1.807) is 7.11 Å². The van der Waals surface area contributed by atoms with E-state index in [9.17, 15) is 0 Å². The van der Waals surface area contributed by atoms with E-state index < -0.39 is 0 Å². The number of unbranched alkanes of at least 4 members (excludes halogenated alkanes) is 1. The van der Waals surface area contributed by atoms with E-state index in [4.69, 9.17) is 20.9 Å². The Balaban J connectivity index is 1.54. The van der Waals surface area contributed by atoms with Crippen LogP contribution in [0.2, 0.25) is 0 Å². The van der Waals surface area contributed by atoms with Gasteiger partial charge in [0.05, 0.1) is 36.2 Å². The lowest BCUT2D eigenvalue weighted by Crippen LogP contribution is -2.49. The number of hydrogen-bond acceptors (Lipinski definition) is 8. The molecule has 0 saturated carbocycles. The van der Waals surface area contributed by atoms with Gasteiger partial charge in [-0.2, -0.15) is 0 Å². The molecular formula is C31H54N6O2. The second kappa shape index (κ2) is 13.9. The van der Waals surface area contributed by atoms with Crippen molar-refractivity contribution in [1.29, 1.82) is 0 Å². The van der Waals surface area contributed by atoms with E-state index in [0.717, 1.165) is 94.8 Å². The quantitative estimate of drug-likeness (QED) is 0.249. The highest BCUT2D eigenvalue weighted by atomic mass is 16.5. The molecular weight excluding hydrogens is 488 g/mol. The van der Waals surface area contributed by atoms with Gasteiger partial charge < -0.3 is 31.2 Å². The van der Waals surface area contributed by atoms with E-state index in [2.05, 4.69) is 79.8 Å². The molecule has 2 heterocycles. The van der Waals surface area contributed by atoms with Gasteiger partial charge in [-0.3, -0.25) is 4.90 Å². The smallest absolute Gasteiger partial charge is 0.149 e. The summed E-state index contributed by atoms with van der Waals surface area (Å²) in [5, 5.41) is 4.55. The first-order valence-electron chi connectivity index (χ1n) is 14.7. The lowest BCUT2D eigenvalue weighted by Gasteiger charge is -2.40. The Morgan fingerprint density at radius 1 is 1.05 bits per heavy atom. The topological polar surface area (TPSA) is 102 Å². The number of methoxy groups -OCH3 is 1. The van der Waals surface area contributed by atoms with E-state index in [-0.39, 0.29) is 10.8 Å². The molecule has 0 bridgehead atoms. The zero-order chi connectivity index (χ0) is 28.6. The van der Waals surface area contributed by atoms with Gasteiger partial charge in [-0.25, -0.2) is 4.98 Å². The van der Waals surface area contributed by atoms with E-state index in [0.29, 0.717) is 17.6 Å². The number of fused-ring (bicyclic) bond motifs is 1. The average molecular weight is 543 g/mol. The van der Waals surface area contributed by atoms with Crippen LogP contribution in [0.15, 0.2) is 18.2 Å². The first kappa shape index (κ1) is 31.2. The van der Waals surface area contributed by atoms with Gasteiger partial charge in [-0.05, 0) is 49.8 Å². The molecule has 1 saturated heterocycles. The van der Waals surface area contributed by atoms with E-state index in [1.165, 1.54) is 5.69 Å². The van der Waals surface area contributed by atoms with Gasteiger partial charge >= 0.3 is 0 Å². The van der Waals surface area contributed by atoms with Crippen LogP contribution in [-0.4, -0.2) is 75.6 Å². The van der Waals surface area contributed by atoms with Crippen molar-refractivity contribution >= 4 is 33.8 Å². The van der Waals surface area contributed by atoms with Crippen LogP contribution in [0, 0.1) is 10.8 Å². The molecule has 0 aliphatic carbocycles. The predicted molar refractivity (Wildman–Crippen MR) is 167 cm³/mol. The molecule has 1 fully saturated rings. The summed E-state index contributed by atoms with van der Waals surface area (Å²) in [6, 6.07) is 6.44. The highest BCUT2D eigenvalue weighted by molar-refractivity contribution is 6.02. The van der Waals surface area contributed by atoms with Crippen molar-refractivity contribution in [2.24, 2.45) is 10.8 Å². The second-order valence-corrected chi connectivity index (χ2v) is 12.9. The number of benzene rings is 1. The van der Waals surface area contributed by atoms with Crippen LogP contribution in [0.1, 0.15) is 67.2 Å². The standard InChI is InChI=1S/C31H54N6O2/c1-8-9-14-34-28-25-19-24(10-11-26(25)35-29(33)27(28)32)37-17-15-36(16-18-37)20-31(5,6)22-39-21-30(3,4)13-12-23(2)38-7/h10-11,19,23H,8-9,12-18,20-22,32H2,1-7H3,(H3,33,34,35). The van der Waals surface area contributed by atoms with Gasteiger partial charge in [-0.1, -0.05) is 41.0 Å². The van der Waals surface area contributed by atoms with Crippen molar-refractivity contribution in [1.82, 2.24) is 9.88 Å². The zero-order valence-electron chi connectivity index (χ0n) is 25.6. The molecule has 220 valence electrons. The SMILES string of the molecule is CCCCNc1c(N)c(N)nc2ccc(N3CCN(CC(C)(C)COCC(C)(C)CCC(C)OC)CC3)cc12. The maximum atomic E-state index is 6.34. The minimum absolute atomic E-state index is 0.100. The summed E-state index contributed by atoms with van der Waals surface area (Å²) in [5.41, 5.74) is 16.2. The number of piperazine rings is 1. The van der Waals surface area contributed by atoms with Crippen molar-refractivity contribution in [2.75, 3.05) is 81.3 Å². The van der Waals surface area contributed by atoms with Gasteiger partial charge in [0.2, 0.25) is 0 Å². The monoisotopic (exact) mass is 542 g/mol. The molecule has 5 N–H and O–H groups in total. The third kappa shape index (κ3) is 9.12. The van der Waals surface area contributed by atoms with Crippen LogP contribution in [0.3, 0.4) is 0 Å². The second-order valence-electron chi connectivity index (χ2n) is 12.9. The molecule has 3 rings (SSSR count). The highest BCUT2D eigenvalue weighted by Gasteiger charge is 2.27. The van der Waals surface area contributed by atoms with Crippen LogP contribution in [0.4, 0.5) is 22.9 Å². The van der Waals surface area contributed by atoms with Crippen LogP contribution in [0.25, 0.3) is 10.9 Å². The summed E-state index contributed by atoms with van der Waals surface area (Å²) in [7, 11) is 1.78. The minimum atomic E-state index is 0.100. The summed E-state index contributed by atoms with van der Waals surface area (Å²) in [6.45, 7) is 21.0. The Morgan fingerprint density at radius 2 is 1.74 bits per heavy atom. The number of hydrogen-bond donors (Lipinski definition) is 3. The molecule has 0 amide bonds. The fourth-order valence-electron chi connectivity index (χ4n) is 5.27. The minimum Gasteiger partial charge on any atom is -0.394 e. The van der Waals surface area contributed by atoms with Gasteiger partial charge in [0.25, 0.3) is 0 Å². The molecule has 0 spiro atoms. The van der Waals surface area contributed by atoms with Crippen LogP contribution in [-0.2, 0) is 9.47 Å². The third-order valence-corrected chi connectivity index (χ3v) is 7.87. The van der Waals surface area contributed by atoms with Crippen LogP contribution >= 0.6 is 0 Å². The van der Waals surface area contributed by atoms with Crippen LogP contribution in [0.5, 0.6) is 0 Å². The molecule has 39 heavy (non-hydrogen) atoms. The number of ether oxygens (including phenoxy) is 2. The molecule has 8 nitrogen and oxygen atoms in total. The van der Waals surface area contributed by atoms with Crippen molar-refractivity contribution in [3.05, 3.63) is 18.2 Å². The fourth-order valence-corrected chi connectivity index (χ4v) is 5.27. The Labute approximate surface area is 236 Å². The van der Waals surface area contributed by atoms with Crippen LogP contribution < -0.4 is 21.7 Å². The third-order valence-electron chi connectivity index (χ3n) is 7.87. The Kier molecular flexibility index (Phi) is 11.1. The molecule has 8 heteroatoms. The molecule has 0 radical (unpaired) electrons. The molecule has 1 aromatic heterocycles. The number of nitrogen functional groups attached to an aromatic ring is 2. The maximum Gasteiger partial charge on any atom is 0.149 e. The molecule has 1 unspecified atom stereocenters. The summed E-state index contributed by atoms with van der Waals surface area (Å²) in [5.74, 6) is 0.388. The Bertz CT molecular complexity index is 1050. The van der Waals surface area contributed by atoms with Gasteiger partial charge in [0.1, 0.15) is 5.82 Å². The Hall–Kier alpha value is -2.29. The summed E-state index contributed by atoms with van der Waals surface area (Å²) < 4.78 is 11.7. The molecule has 1 atom stereocenters. The van der Waals surface area contributed by atoms with E-state index >= 15 is 0 Å². The normalized spacial score (nSPS) is 16.1. The number of nitrogens with two attached hydrogens (primary N) is 2. The van der Waals surface area contributed by atoms with Crippen molar-refractivity contribution in [3.8, 4) is 0 Å². The van der Waals surface area contributed by atoms with Gasteiger partial charge in [0.15, 0.2) is 0 Å². The lowest BCUT2D eigenvalue weighted by atomic mass is 9.87. The van der Waals surface area contributed by atoms with Gasteiger partial charge in [0, 0.05) is 62.9 Å². The molecule has 1 aromatic carbocycles. The fraction of sp³-hybridized carbons (Fsp3) is 0.710. The van der Waals surface area contributed by atoms with E-state index in [1.807, 2.05) is 0 Å². The first-order valence-corrected chi connectivity index (χ1v) is 14.7.